The van der Waals surface area contributed by atoms with Gasteiger partial charge in [0.05, 0.1) is 12.7 Å². The Morgan fingerprint density at radius 1 is 1.38 bits per heavy atom. The monoisotopic (exact) mass is 219 g/mol. The van der Waals surface area contributed by atoms with Crippen molar-refractivity contribution >= 4 is 0 Å². The average molecular weight is 219 g/mol. The van der Waals surface area contributed by atoms with Crippen molar-refractivity contribution in [3.05, 3.63) is 29.3 Å². The summed E-state index contributed by atoms with van der Waals surface area (Å²) in [4.78, 5) is 2.38. The van der Waals surface area contributed by atoms with Crippen LogP contribution in [0.5, 0.6) is 5.75 Å². The summed E-state index contributed by atoms with van der Waals surface area (Å²) >= 11 is 0. The lowest BCUT2D eigenvalue weighted by Gasteiger charge is -2.42. The van der Waals surface area contributed by atoms with Gasteiger partial charge in [0.2, 0.25) is 0 Å². The Kier molecular flexibility index (Phi) is 2.37. The number of ether oxygens (including phenoxy) is 1. The third-order valence-corrected chi connectivity index (χ3v) is 3.85. The molecule has 0 amide bonds. The fourth-order valence-corrected chi connectivity index (χ4v) is 2.87. The highest BCUT2D eigenvalue weighted by Crippen LogP contribution is 2.32. The van der Waals surface area contributed by atoms with Crippen molar-refractivity contribution in [3.8, 4) is 5.75 Å². The SMILES string of the molecule is CN1CCO[C@@H]2Cc3c(O)cccc3C[C@H]21. The van der Waals surface area contributed by atoms with Crippen molar-refractivity contribution in [2.24, 2.45) is 0 Å². The van der Waals surface area contributed by atoms with E-state index in [4.69, 9.17) is 4.74 Å². The fourth-order valence-electron chi connectivity index (χ4n) is 2.87. The summed E-state index contributed by atoms with van der Waals surface area (Å²) in [7, 11) is 2.16. The molecular formula is C13H17NO2. The zero-order chi connectivity index (χ0) is 11.1. The maximum Gasteiger partial charge on any atom is 0.119 e. The van der Waals surface area contributed by atoms with Crippen molar-refractivity contribution in [2.75, 3.05) is 20.2 Å². The Balaban J connectivity index is 1.96. The third-order valence-electron chi connectivity index (χ3n) is 3.85. The van der Waals surface area contributed by atoms with E-state index in [-0.39, 0.29) is 6.10 Å². The number of aromatic hydroxyl groups is 1. The van der Waals surface area contributed by atoms with Gasteiger partial charge in [0.1, 0.15) is 5.75 Å². The van der Waals surface area contributed by atoms with Crippen LogP contribution in [-0.4, -0.2) is 42.4 Å². The lowest BCUT2D eigenvalue weighted by Crippen LogP contribution is -2.53. The van der Waals surface area contributed by atoms with Crippen LogP contribution < -0.4 is 0 Å². The Hall–Kier alpha value is -1.06. The summed E-state index contributed by atoms with van der Waals surface area (Å²) in [5.41, 5.74) is 2.36. The highest BCUT2D eigenvalue weighted by molar-refractivity contribution is 5.42. The van der Waals surface area contributed by atoms with E-state index in [1.165, 1.54) is 5.56 Å². The Labute approximate surface area is 95.6 Å². The van der Waals surface area contributed by atoms with E-state index in [1.807, 2.05) is 6.07 Å². The van der Waals surface area contributed by atoms with Crippen LogP contribution >= 0.6 is 0 Å². The van der Waals surface area contributed by atoms with E-state index in [2.05, 4.69) is 18.0 Å². The molecular weight excluding hydrogens is 202 g/mol. The maximum atomic E-state index is 9.84. The van der Waals surface area contributed by atoms with E-state index >= 15 is 0 Å². The van der Waals surface area contributed by atoms with Crippen molar-refractivity contribution in [1.82, 2.24) is 4.90 Å². The Morgan fingerprint density at radius 3 is 3.12 bits per heavy atom. The number of morpholine rings is 1. The number of fused-ring (bicyclic) bond motifs is 2. The molecule has 2 aliphatic rings. The molecule has 1 aromatic rings. The van der Waals surface area contributed by atoms with Crippen LogP contribution in [0.15, 0.2) is 18.2 Å². The van der Waals surface area contributed by atoms with Crippen LogP contribution in [0.4, 0.5) is 0 Å². The van der Waals surface area contributed by atoms with Crippen LogP contribution in [-0.2, 0) is 17.6 Å². The first-order valence-corrected chi connectivity index (χ1v) is 5.87. The number of benzene rings is 1. The van der Waals surface area contributed by atoms with Gasteiger partial charge in [-0.15, -0.1) is 0 Å². The molecule has 0 unspecified atom stereocenters. The minimum Gasteiger partial charge on any atom is -0.508 e. The first-order valence-electron chi connectivity index (χ1n) is 5.87. The van der Waals surface area contributed by atoms with E-state index in [1.54, 1.807) is 6.07 Å². The second-order valence-corrected chi connectivity index (χ2v) is 4.78. The topological polar surface area (TPSA) is 32.7 Å². The quantitative estimate of drug-likeness (QED) is 0.711. The molecule has 1 aromatic carbocycles. The third kappa shape index (κ3) is 1.51. The molecule has 3 rings (SSSR count). The Morgan fingerprint density at radius 2 is 2.25 bits per heavy atom. The van der Waals surface area contributed by atoms with Gasteiger partial charge in [-0.25, -0.2) is 0 Å². The molecule has 0 saturated carbocycles. The highest BCUT2D eigenvalue weighted by atomic mass is 16.5. The molecule has 3 heteroatoms. The lowest BCUT2D eigenvalue weighted by atomic mass is 9.84. The normalized spacial score (nSPS) is 29.6. The van der Waals surface area contributed by atoms with E-state index < -0.39 is 0 Å². The van der Waals surface area contributed by atoms with Gasteiger partial charge in [-0.1, -0.05) is 12.1 Å². The number of hydrogen-bond donors (Lipinski definition) is 1. The van der Waals surface area contributed by atoms with Crippen molar-refractivity contribution < 1.29 is 9.84 Å². The number of rotatable bonds is 0. The number of likely N-dealkylation sites (N-methyl/N-ethyl adjacent to an activating group) is 1. The molecule has 1 saturated heterocycles. The van der Waals surface area contributed by atoms with Crippen LogP contribution in [0, 0.1) is 0 Å². The molecule has 1 fully saturated rings. The van der Waals surface area contributed by atoms with Gasteiger partial charge in [0.15, 0.2) is 0 Å². The fraction of sp³-hybridized carbons (Fsp3) is 0.538. The largest absolute Gasteiger partial charge is 0.508 e. The molecule has 3 nitrogen and oxygen atoms in total. The first-order chi connectivity index (χ1) is 7.75. The van der Waals surface area contributed by atoms with E-state index in [0.29, 0.717) is 11.8 Å². The molecule has 0 radical (unpaired) electrons. The molecule has 1 N–H and O–H groups in total. The minimum absolute atomic E-state index is 0.250. The van der Waals surface area contributed by atoms with Gasteiger partial charge in [-0.05, 0) is 30.7 Å². The second kappa shape index (κ2) is 3.75. The number of phenols is 1. The number of nitrogens with zero attached hydrogens (tertiary/aromatic N) is 1. The number of hydrogen-bond acceptors (Lipinski definition) is 3. The summed E-state index contributed by atoms with van der Waals surface area (Å²) in [6.07, 6.45) is 2.08. The predicted molar refractivity (Wildman–Crippen MR) is 61.7 cm³/mol. The zero-order valence-electron chi connectivity index (χ0n) is 9.52. The summed E-state index contributed by atoms with van der Waals surface area (Å²) in [6.45, 7) is 1.82. The second-order valence-electron chi connectivity index (χ2n) is 4.78. The molecule has 16 heavy (non-hydrogen) atoms. The van der Waals surface area contributed by atoms with Crippen LogP contribution in [0.2, 0.25) is 0 Å². The first kappa shape index (κ1) is 10.1. The molecule has 1 heterocycles. The number of phenolic OH excluding ortho intramolecular Hbond substituents is 1. The van der Waals surface area contributed by atoms with Crippen molar-refractivity contribution in [1.29, 1.82) is 0 Å². The predicted octanol–water partition coefficient (Wildman–Crippen LogP) is 1.19. The standard InChI is InChI=1S/C13H17NO2/c1-14-5-6-16-13-8-10-9(7-11(13)14)3-2-4-12(10)15/h2-4,11,13,15H,5-8H2,1H3/t11-,13-/m1/s1. The van der Waals surface area contributed by atoms with Crippen LogP contribution in [0.3, 0.4) is 0 Å². The van der Waals surface area contributed by atoms with Gasteiger partial charge in [-0.2, -0.15) is 0 Å². The molecule has 0 bridgehead atoms. The molecule has 1 aliphatic heterocycles. The smallest absolute Gasteiger partial charge is 0.119 e. The van der Waals surface area contributed by atoms with Crippen LogP contribution in [0.25, 0.3) is 0 Å². The van der Waals surface area contributed by atoms with Gasteiger partial charge in [0, 0.05) is 19.0 Å². The zero-order valence-corrected chi connectivity index (χ0v) is 9.52. The molecule has 86 valence electrons. The van der Waals surface area contributed by atoms with Gasteiger partial charge < -0.3 is 9.84 Å². The lowest BCUT2D eigenvalue weighted by molar-refractivity contribution is -0.0646. The van der Waals surface area contributed by atoms with Gasteiger partial charge >= 0.3 is 0 Å². The van der Waals surface area contributed by atoms with Crippen molar-refractivity contribution in [2.45, 2.75) is 25.0 Å². The van der Waals surface area contributed by atoms with E-state index in [9.17, 15) is 5.11 Å². The van der Waals surface area contributed by atoms with Gasteiger partial charge in [-0.3, -0.25) is 4.90 Å². The maximum absolute atomic E-state index is 9.84. The average Bonchev–Trinajstić information content (AvgIpc) is 2.29. The molecule has 1 aliphatic carbocycles. The Bertz CT molecular complexity index is 405. The van der Waals surface area contributed by atoms with E-state index in [0.717, 1.165) is 31.6 Å². The minimum atomic E-state index is 0.250. The van der Waals surface area contributed by atoms with Gasteiger partial charge in [0.25, 0.3) is 0 Å². The molecule has 2 atom stereocenters. The molecule has 0 aromatic heterocycles. The summed E-state index contributed by atoms with van der Waals surface area (Å²) in [6, 6.07) is 6.29. The highest BCUT2D eigenvalue weighted by Gasteiger charge is 2.35. The summed E-state index contributed by atoms with van der Waals surface area (Å²) in [5.74, 6) is 0.424. The molecule has 0 spiro atoms. The van der Waals surface area contributed by atoms with Crippen molar-refractivity contribution in [3.63, 3.8) is 0 Å². The summed E-state index contributed by atoms with van der Waals surface area (Å²) < 4.78 is 5.81. The summed E-state index contributed by atoms with van der Waals surface area (Å²) in [5, 5.41) is 9.84. The van der Waals surface area contributed by atoms with Crippen LogP contribution in [0.1, 0.15) is 11.1 Å².